The molecule has 1 atom stereocenters. The largest absolute Gasteiger partial charge is 0.381 e. The molecule has 1 aliphatic rings. The number of hydrogen-bond donors (Lipinski definition) is 1. The molecule has 3 rings (SSSR count). The fourth-order valence-electron chi connectivity index (χ4n) is 2.46. The Kier molecular flexibility index (Phi) is 2.40. The van der Waals surface area contributed by atoms with E-state index in [0.29, 0.717) is 11.4 Å². The van der Waals surface area contributed by atoms with E-state index in [0.717, 1.165) is 31.4 Å². The van der Waals surface area contributed by atoms with Crippen molar-refractivity contribution in [3.05, 3.63) is 35.8 Å². The molecule has 0 unspecified atom stereocenters. The molecule has 2 nitrogen and oxygen atoms in total. The Morgan fingerprint density at radius 1 is 1.38 bits per heavy atom. The zero-order chi connectivity index (χ0) is 11.0. The third-order valence-corrected chi connectivity index (χ3v) is 3.30. The van der Waals surface area contributed by atoms with Crippen LogP contribution >= 0.6 is 0 Å². The molecule has 1 aliphatic heterocycles. The van der Waals surface area contributed by atoms with Gasteiger partial charge in [-0.1, -0.05) is 12.1 Å². The van der Waals surface area contributed by atoms with Gasteiger partial charge in [-0.25, -0.2) is 4.39 Å². The van der Waals surface area contributed by atoms with Gasteiger partial charge < -0.3 is 9.72 Å². The van der Waals surface area contributed by atoms with Gasteiger partial charge in [-0.05, 0) is 24.5 Å². The van der Waals surface area contributed by atoms with Gasteiger partial charge in [-0.15, -0.1) is 0 Å². The molecular formula is C13H14FNO. The maximum Gasteiger partial charge on any atom is 0.147 e. The minimum Gasteiger partial charge on any atom is -0.381 e. The average Bonchev–Trinajstić information content (AvgIpc) is 2.75. The van der Waals surface area contributed by atoms with E-state index in [1.54, 1.807) is 6.07 Å². The summed E-state index contributed by atoms with van der Waals surface area (Å²) in [7, 11) is 0. The number of hydrogen-bond acceptors (Lipinski definition) is 1. The van der Waals surface area contributed by atoms with Crippen LogP contribution in [-0.4, -0.2) is 18.2 Å². The van der Waals surface area contributed by atoms with Gasteiger partial charge >= 0.3 is 0 Å². The zero-order valence-corrected chi connectivity index (χ0v) is 9.00. The summed E-state index contributed by atoms with van der Waals surface area (Å²) in [5.41, 5.74) is 1.80. The van der Waals surface area contributed by atoms with Crippen LogP contribution in [0.1, 0.15) is 24.3 Å². The molecule has 0 radical (unpaired) electrons. The van der Waals surface area contributed by atoms with Crippen molar-refractivity contribution in [1.29, 1.82) is 0 Å². The lowest BCUT2D eigenvalue weighted by molar-refractivity contribution is 0.0808. The van der Waals surface area contributed by atoms with Crippen molar-refractivity contribution in [2.24, 2.45) is 0 Å². The molecule has 84 valence electrons. The first kappa shape index (κ1) is 9.85. The van der Waals surface area contributed by atoms with E-state index in [1.165, 1.54) is 11.6 Å². The molecule has 1 N–H and O–H groups in total. The van der Waals surface area contributed by atoms with Gasteiger partial charge in [0.1, 0.15) is 5.82 Å². The Morgan fingerprint density at radius 3 is 3.12 bits per heavy atom. The Bertz CT molecular complexity index is 500. The monoisotopic (exact) mass is 219 g/mol. The standard InChI is InChI=1S/C13H14FNO/c14-12-5-1-4-10-11(7-15-13(10)12)9-3-2-6-16-8-9/h1,4-5,7,9,15H,2-3,6,8H2/t9-/m0/s1. The van der Waals surface area contributed by atoms with Gasteiger partial charge in [0.05, 0.1) is 12.1 Å². The van der Waals surface area contributed by atoms with Crippen molar-refractivity contribution in [2.45, 2.75) is 18.8 Å². The molecule has 0 saturated carbocycles. The first-order valence-electron chi connectivity index (χ1n) is 5.69. The minimum absolute atomic E-state index is 0.180. The number of benzene rings is 1. The number of aromatic amines is 1. The third kappa shape index (κ3) is 1.52. The summed E-state index contributed by atoms with van der Waals surface area (Å²) in [6.45, 7) is 1.61. The second-order valence-corrected chi connectivity index (χ2v) is 4.32. The van der Waals surface area contributed by atoms with Crippen LogP contribution in [0.4, 0.5) is 4.39 Å². The molecule has 1 saturated heterocycles. The lowest BCUT2D eigenvalue weighted by atomic mass is 9.93. The lowest BCUT2D eigenvalue weighted by Gasteiger charge is -2.21. The molecule has 0 amide bonds. The van der Waals surface area contributed by atoms with Crippen LogP contribution in [0.5, 0.6) is 0 Å². The highest BCUT2D eigenvalue weighted by Crippen LogP contribution is 2.31. The SMILES string of the molecule is Fc1cccc2c([C@H]3CCCOC3)c[nH]c12. The summed E-state index contributed by atoms with van der Waals surface area (Å²) in [6, 6.07) is 5.22. The fraction of sp³-hybridized carbons (Fsp3) is 0.385. The molecule has 1 aromatic carbocycles. The van der Waals surface area contributed by atoms with E-state index in [-0.39, 0.29) is 5.82 Å². The molecule has 2 heterocycles. The molecule has 0 spiro atoms. The van der Waals surface area contributed by atoms with Gasteiger partial charge in [0, 0.05) is 24.1 Å². The van der Waals surface area contributed by atoms with E-state index < -0.39 is 0 Å². The van der Waals surface area contributed by atoms with Crippen molar-refractivity contribution in [2.75, 3.05) is 13.2 Å². The summed E-state index contributed by atoms with van der Waals surface area (Å²) in [5.74, 6) is 0.227. The molecule has 1 fully saturated rings. The number of aromatic nitrogens is 1. The van der Waals surface area contributed by atoms with Crippen LogP contribution in [0.3, 0.4) is 0 Å². The highest BCUT2D eigenvalue weighted by Gasteiger charge is 2.19. The zero-order valence-electron chi connectivity index (χ0n) is 9.00. The van der Waals surface area contributed by atoms with Crippen molar-refractivity contribution in [3.8, 4) is 0 Å². The van der Waals surface area contributed by atoms with E-state index in [9.17, 15) is 4.39 Å². The number of halogens is 1. The molecule has 16 heavy (non-hydrogen) atoms. The van der Waals surface area contributed by atoms with Gasteiger partial charge in [-0.3, -0.25) is 0 Å². The number of rotatable bonds is 1. The van der Waals surface area contributed by atoms with E-state index in [1.807, 2.05) is 12.3 Å². The summed E-state index contributed by atoms with van der Waals surface area (Å²) < 4.78 is 19.0. The fourth-order valence-corrected chi connectivity index (χ4v) is 2.46. The van der Waals surface area contributed by atoms with Crippen molar-refractivity contribution >= 4 is 10.9 Å². The van der Waals surface area contributed by atoms with Crippen LogP contribution in [-0.2, 0) is 4.74 Å². The van der Waals surface area contributed by atoms with Crippen LogP contribution in [0, 0.1) is 5.82 Å². The average molecular weight is 219 g/mol. The topological polar surface area (TPSA) is 25.0 Å². The summed E-state index contributed by atoms with van der Waals surface area (Å²) >= 11 is 0. The Hall–Kier alpha value is -1.35. The van der Waals surface area contributed by atoms with Gasteiger partial charge in [0.25, 0.3) is 0 Å². The van der Waals surface area contributed by atoms with Crippen molar-refractivity contribution in [1.82, 2.24) is 4.98 Å². The predicted octanol–water partition coefficient (Wildman–Crippen LogP) is 3.20. The molecule has 3 heteroatoms. The molecule has 1 aromatic heterocycles. The van der Waals surface area contributed by atoms with Crippen LogP contribution in [0.2, 0.25) is 0 Å². The van der Waals surface area contributed by atoms with Gasteiger partial charge in [0.2, 0.25) is 0 Å². The molecule has 0 aliphatic carbocycles. The predicted molar refractivity (Wildman–Crippen MR) is 61.1 cm³/mol. The highest BCUT2D eigenvalue weighted by molar-refractivity contribution is 5.84. The van der Waals surface area contributed by atoms with E-state index in [2.05, 4.69) is 4.98 Å². The smallest absolute Gasteiger partial charge is 0.147 e. The number of ether oxygens (including phenoxy) is 1. The number of para-hydroxylation sites is 1. The second-order valence-electron chi connectivity index (χ2n) is 4.32. The summed E-state index contributed by atoms with van der Waals surface area (Å²) in [4.78, 5) is 3.02. The lowest BCUT2D eigenvalue weighted by Crippen LogP contribution is -2.15. The maximum absolute atomic E-state index is 13.5. The minimum atomic E-state index is -0.180. The Labute approximate surface area is 93.4 Å². The number of H-pyrrole nitrogens is 1. The van der Waals surface area contributed by atoms with E-state index in [4.69, 9.17) is 4.74 Å². The second kappa shape index (κ2) is 3.91. The van der Waals surface area contributed by atoms with E-state index >= 15 is 0 Å². The number of nitrogens with one attached hydrogen (secondary N) is 1. The van der Waals surface area contributed by atoms with Gasteiger partial charge in [0.15, 0.2) is 0 Å². The summed E-state index contributed by atoms with van der Waals surface area (Å²) in [5, 5.41) is 0.996. The number of fused-ring (bicyclic) bond motifs is 1. The highest BCUT2D eigenvalue weighted by atomic mass is 19.1. The first-order valence-corrected chi connectivity index (χ1v) is 5.69. The molecule has 0 bridgehead atoms. The van der Waals surface area contributed by atoms with Gasteiger partial charge in [-0.2, -0.15) is 0 Å². The van der Waals surface area contributed by atoms with Crippen molar-refractivity contribution < 1.29 is 9.13 Å². The quantitative estimate of drug-likeness (QED) is 0.782. The summed E-state index contributed by atoms with van der Waals surface area (Å²) in [6.07, 6.45) is 4.14. The Morgan fingerprint density at radius 2 is 2.31 bits per heavy atom. The van der Waals surface area contributed by atoms with Crippen LogP contribution in [0.15, 0.2) is 24.4 Å². The van der Waals surface area contributed by atoms with Crippen LogP contribution < -0.4 is 0 Å². The Balaban J connectivity index is 2.06. The third-order valence-electron chi connectivity index (χ3n) is 3.30. The van der Waals surface area contributed by atoms with Crippen LogP contribution in [0.25, 0.3) is 10.9 Å². The normalized spacial score (nSPS) is 21.4. The molecule has 2 aromatic rings. The van der Waals surface area contributed by atoms with Crippen molar-refractivity contribution in [3.63, 3.8) is 0 Å². The molecular weight excluding hydrogens is 205 g/mol. The first-order chi connectivity index (χ1) is 7.86. The maximum atomic E-state index is 13.5.